The summed E-state index contributed by atoms with van der Waals surface area (Å²) in [6.07, 6.45) is 0.816. The Bertz CT molecular complexity index is 722. The number of rotatable bonds is 6. The molecule has 2 aromatic carbocycles. The zero-order valence-corrected chi connectivity index (χ0v) is 15.6. The maximum atomic E-state index is 6.11. The number of nitrogens with one attached hydrogen (secondary N) is 2. The van der Waals surface area contributed by atoms with Crippen LogP contribution in [0.4, 0.5) is 5.69 Å². The first-order valence-electron chi connectivity index (χ1n) is 7.56. The van der Waals surface area contributed by atoms with Gasteiger partial charge < -0.3 is 20.1 Å². The standard InChI is InChI=1S/C18H21ClN2O2S/c1-12-14(19)5-4-6-15(12)21-18(24)20-10-9-13-7-8-16(22-2)17(11-13)23-3/h4-8,11H,9-10H2,1-3H3,(H2,20,21,24). The van der Waals surface area contributed by atoms with Gasteiger partial charge in [0, 0.05) is 17.3 Å². The average molecular weight is 365 g/mol. The van der Waals surface area contributed by atoms with Crippen molar-refractivity contribution in [2.24, 2.45) is 0 Å². The Hall–Kier alpha value is -1.98. The highest BCUT2D eigenvalue weighted by Crippen LogP contribution is 2.27. The molecule has 0 fully saturated rings. The minimum atomic E-state index is 0.570. The Kier molecular flexibility index (Phi) is 6.70. The first-order chi connectivity index (χ1) is 11.5. The molecule has 0 atom stereocenters. The summed E-state index contributed by atoms with van der Waals surface area (Å²) in [5.74, 6) is 1.45. The molecule has 0 heterocycles. The Labute approximate surface area is 153 Å². The average Bonchev–Trinajstić information content (AvgIpc) is 2.58. The van der Waals surface area contributed by atoms with Gasteiger partial charge >= 0.3 is 0 Å². The number of hydrogen-bond acceptors (Lipinski definition) is 3. The van der Waals surface area contributed by atoms with E-state index in [1.54, 1.807) is 14.2 Å². The van der Waals surface area contributed by atoms with E-state index in [0.29, 0.717) is 16.7 Å². The number of methoxy groups -OCH3 is 2. The summed E-state index contributed by atoms with van der Waals surface area (Å²) in [4.78, 5) is 0. The zero-order valence-electron chi connectivity index (χ0n) is 14.0. The van der Waals surface area contributed by atoms with Gasteiger partial charge in [0.2, 0.25) is 0 Å². The van der Waals surface area contributed by atoms with Crippen LogP contribution < -0.4 is 20.1 Å². The molecule has 128 valence electrons. The molecular weight excluding hydrogens is 344 g/mol. The lowest BCUT2D eigenvalue weighted by Crippen LogP contribution is -2.30. The summed E-state index contributed by atoms with van der Waals surface area (Å²) in [7, 11) is 3.26. The summed E-state index contributed by atoms with van der Waals surface area (Å²) in [6.45, 7) is 2.66. The third-order valence-electron chi connectivity index (χ3n) is 3.66. The number of hydrogen-bond donors (Lipinski definition) is 2. The minimum absolute atomic E-state index is 0.570. The van der Waals surface area contributed by atoms with Gasteiger partial charge in [-0.1, -0.05) is 23.7 Å². The van der Waals surface area contributed by atoms with E-state index in [2.05, 4.69) is 10.6 Å². The summed E-state index contributed by atoms with van der Waals surface area (Å²) in [6, 6.07) is 11.6. The lowest BCUT2D eigenvalue weighted by atomic mass is 10.1. The molecule has 4 nitrogen and oxygen atoms in total. The van der Waals surface area contributed by atoms with Crippen LogP contribution in [0.1, 0.15) is 11.1 Å². The van der Waals surface area contributed by atoms with Gasteiger partial charge in [0.1, 0.15) is 0 Å². The summed E-state index contributed by atoms with van der Waals surface area (Å²) in [5.41, 5.74) is 3.02. The number of thiocarbonyl (C=S) groups is 1. The van der Waals surface area contributed by atoms with Crippen LogP contribution in [0.15, 0.2) is 36.4 Å². The largest absolute Gasteiger partial charge is 0.493 e. The van der Waals surface area contributed by atoms with Crippen LogP contribution >= 0.6 is 23.8 Å². The first kappa shape index (κ1) is 18.4. The van der Waals surface area contributed by atoms with Crippen molar-refractivity contribution in [3.8, 4) is 11.5 Å². The fourth-order valence-corrected chi connectivity index (χ4v) is 2.65. The van der Waals surface area contributed by atoms with Gasteiger partial charge in [-0.15, -0.1) is 0 Å². The van der Waals surface area contributed by atoms with Gasteiger partial charge in [-0.05, 0) is 61.0 Å². The third kappa shape index (κ3) is 4.76. The molecule has 0 aliphatic carbocycles. The molecule has 0 bridgehead atoms. The Morgan fingerprint density at radius 2 is 1.88 bits per heavy atom. The van der Waals surface area contributed by atoms with Gasteiger partial charge in [-0.25, -0.2) is 0 Å². The van der Waals surface area contributed by atoms with E-state index in [9.17, 15) is 0 Å². The van der Waals surface area contributed by atoms with Gasteiger partial charge in [-0.2, -0.15) is 0 Å². The van der Waals surface area contributed by atoms with E-state index in [1.165, 1.54) is 0 Å². The van der Waals surface area contributed by atoms with Crippen LogP contribution in [0.3, 0.4) is 0 Å². The van der Waals surface area contributed by atoms with Gasteiger partial charge in [-0.3, -0.25) is 0 Å². The van der Waals surface area contributed by atoms with E-state index >= 15 is 0 Å². The van der Waals surface area contributed by atoms with Crippen LogP contribution in [-0.4, -0.2) is 25.9 Å². The molecule has 0 amide bonds. The molecular formula is C18H21ClN2O2S. The maximum Gasteiger partial charge on any atom is 0.170 e. The lowest BCUT2D eigenvalue weighted by Gasteiger charge is -2.14. The highest BCUT2D eigenvalue weighted by molar-refractivity contribution is 7.80. The van der Waals surface area contributed by atoms with Gasteiger partial charge in [0.25, 0.3) is 0 Å². The minimum Gasteiger partial charge on any atom is -0.493 e. The monoisotopic (exact) mass is 364 g/mol. The summed E-state index contributed by atoms with van der Waals surface area (Å²) >= 11 is 11.4. The van der Waals surface area contributed by atoms with E-state index in [-0.39, 0.29) is 0 Å². The summed E-state index contributed by atoms with van der Waals surface area (Å²) in [5, 5.41) is 7.65. The van der Waals surface area contributed by atoms with Crippen LogP contribution in [-0.2, 0) is 6.42 Å². The van der Waals surface area contributed by atoms with Crippen molar-refractivity contribution >= 4 is 34.6 Å². The maximum absolute atomic E-state index is 6.11. The van der Waals surface area contributed by atoms with E-state index in [1.807, 2.05) is 43.3 Å². The van der Waals surface area contributed by atoms with Crippen LogP contribution in [0.5, 0.6) is 11.5 Å². The molecule has 2 aromatic rings. The van der Waals surface area contributed by atoms with Crippen LogP contribution in [0.2, 0.25) is 5.02 Å². The fourth-order valence-electron chi connectivity index (χ4n) is 2.27. The van der Waals surface area contributed by atoms with Gasteiger partial charge in [0.15, 0.2) is 16.6 Å². The topological polar surface area (TPSA) is 42.5 Å². The van der Waals surface area contributed by atoms with Crippen molar-refractivity contribution in [1.29, 1.82) is 0 Å². The van der Waals surface area contributed by atoms with Gasteiger partial charge in [0.05, 0.1) is 14.2 Å². The number of ether oxygens (including phenoxy) is 2. The second kappa shape index (κ2) is 8.76. The highest BCUT2D eigenvalue weighted by Gasteiger charge is 2.06. The molecule has 0 unspecified atom stereocenters. The molecule has 0 aliphatic heterocycles. The molecule has 24 heavy (non-hydrogen) atoms. The van der Waals surface area contributed by atoms with Crippen molar-refractivity contribution in [3.63, 3.8) is 0 Å². The Morgan fingerprint density at radius 1 is 1.12 bits per heavy atom. The number of halogens is 1. The van der Waals surface area contributed by atoms with E-state index < -0.39 is 0 Å². The van der Waals surface area contributed by atoms with Crippen molar-refractivity contribution in [3.05, 3.63) is 52.5 Å². The molecule has 0 saturated carbocycles. The second-order valence-corrected chi connectivity index (χ2v) is 6.05. The molecule has 6 heteroatoms. The Morgan fingerprint density at radius 3 is 2.58 bits per heavy atom. The van der Waals surface area contributed by atoms with Crippen molar-refractivity contribution < 1.29 is 9.47 Å². The van der Waals surface area contributed by atoms with Crippen molar-refractivity contribution in [2.45, 2.75) is 13.3 Å². The molecule has 0 aromatic heterocycles. The predicted octanol–water partition coefficient (Wildman–Crippen LogP) is 4.19. The smallest absolute Gasteiger partial charge is 0.170 e. The van der Waals surface area contributed by atoms with Crippen molar-refractivity contribution in [1.82, 2.24) is 5.32 Å². The third-order valence-corrected chi connectivity index (χ3v) is 4.32. The van der Waals surface area contributed by atoms with Crippen molar-refractivity contribution in [2.75, 3.05) is 26.1 Å². The predicted molar refractivity (Wildman–Crippen MR) is 104 cm³/mol. The number of anilines is 1. The molecule has 0 spiro atoms. The normalized spacial score (nSPS) is 10.2. The SMILES string of the molecule is COc1ccc(CCNC(=S)Nc2cccc(Cl)c2C)cc1OC. The molecule has 0 saturated heterocycles. The van der Waals surface area contributed by atoms with Crippen LogP contribution in [0, 0.1) is 6.92 Å². The van der Waals surface area contributed by atoms with E-state index in [4.69, 9.17) is 33.3 Å². The van der Waals surface area contributed by atoms with E-state index in [0.717, 1.165) is 34.7 Å². The second-order valence-electron chi connectivity index (χ2n) is 5.23. The zero-order chi connectivity index (χ0) is 17.5. The Balaban J connectivity index is 1.87. The molecule has 2 N–H and O–H groups in total. The fraction of sp³-hybridized carbons (Fsp3) is 0.278. The molecule has 0 radical (unpaired) electrons. The summed E-state index contributed by atoms with van der Waals surface area (Å²) < 4.78 is 10.6. The van der Waals surface area contributed by atoms with Crippen LogP contribution in [0.25, 0.3) is 0 Å². The molecule has 0 aliphatic rings. The quantitative estimate of drug-likeness (QED) is 0.752. The highest BCUT2D eigenvalue weighted by atomic mass is 35.5. The first-order valence-corrected chi connectivity index (χ1v) is 8.34. The molecule has 2 rings (SSSR count). The number of benzene rings is 2. The lowest BCUT2D eigenvalue weighted by molar-refractivity contribution is 0.354.